The van der Waals surface area contributed by atoms with Crippen molar-refractivity contribution in [3.05, 3.63) is 53.3 Å². The number of anilines is 1. The van der Waals surface area contributed by atoms with Gasteiger partial charge in [0, 0.05) is 24.7 Å². The van der Waals surface area contributed by atoms with Crippen molar-refractivity contribution in [2.75, 3.05) is 19.0 Å². The van der Waals surface area contributed by atoms with E-state index in [9.17, 15) is 17.6 Å². The molecule has 1 heterocycles. The van der Waals surface area contributed by atoms with E-state index in [2.05, 4.69) is 5.32 Å². The van der Waals surface area contributed by atoms with E-state index >= 15 is 0 Å². The van der Waals surface area contributed by atoms with Gasteiger partial charge in [0.1, 0.15) is 11.6 Å². The highest BCUT2D eigenvalue weighted by Crippen LogP contribution is 2.29. The summed E-state index contributed by atoms with van der Waals surface area (Å²) in [6.45, 7) is 0.325. The normalized spacial score (nSPS) is 17.7. The zero-order valence-corrected chi connectivity index (χ0v) is 17.5. The van der Waals surface area contributed by atoms with E-state index in [0.717, 1.165) is 18.6 Å². The number of carbonyl (C=O) groups is 1. The van der Waals surface area contributed by atoms with Crippen LogP contribution in [-0.4, -0.2) is 38.3 Å². The van der Waals surface area contributed by atoms with E-state index in [1.165, 1.54) is 23.5 Å². The minimum atomic E-state index is -3.81. The van der Waals surface area contributed by atoms with E-state index in [4.69, 9.17) is 16.3 Å². The van der Waals surface area contributed by atoms with Crippen LogP contribution in [0, 0.1) is 5.82 Å². The van der Waals surface area contributed by atoms with Gasteiger partial charge in [-0.15, -0.1) is 0 Å². The summed E-state index contributed by atoms with van der Waals surface area (Å²) < 4.78 is 45.6. The molecule has 0 aliphatic carbocycles. The third-order valence-electron chi connectivity index (χ3n) is 4.85. The zero-order valence-electron chi connectivity index (χ0n) is 15.9. The maximum Gasteiger partial charge on any atom is 0.243 e. The highest BCUT2D eigenvalue weighted by atomic mass is 35.5. The highest BCUT2D eigenvalue weighted by molar-refractivity contribution is 7.89. The fourth-order valence-corrected chi connectivity index (χ4v) is 5.36. The summed E-state index contributed by atoms with van der Waals surface area (Å²) in [5.41, 5.74) is 0.504. The second-order valence-electron chi connectivity index (χ2n) is 6.82. The quantitative estimate of drug-likeness (QED) is 0.735. The molecule has 156 valence electrons. The first-order valence-corrected chi connectivity index (χ1v) is 11.0. The van der Waals surface area contributed by atoms with Gasteiger partial charge in [0.2, 0.25) is 15.9 Å². The molecule has 29 heavy (non-hydrogen) atoms. The number of nitrogens with one attached hydrogen (secondary N) is 1. The topological polar surface area (TPSA) is 75.7 Å². The number of piperidine rings is 1. The molecule has 1 atom stereocenters. The summed E-state index contributed by atoms with van der Waals surface area (Å²) in [6, 6.07) is 9.14. The van der Waals surface area contributed by atoms with Gasteiger partial charge in [0.15, 0.2) is 0 Å². The largest absolute Gasteiger partial charge is 0.495 e. The van der Waals surface area contributed by atoms with Crippen LogP contribution in [0.15, 0.2) is 47.4 Å². The number of hydrogen-bond acceptors (Lipinski definition) is 4. The van der Waals surface area contributed by atoms with Gasteiger partial charge in [-0.05, 0) is 55.3 Å². The molecule has 1 amide bonds. The Morgan fingerprint density at radius 1 is 1.24 bits per heavy atom. The first-order chi connectivity index (χ1) is 13.8. The SMILES string of the molecule is COc1ccc(NC(=O)CC2CCCCN2S(=O)(=O)c2ccc(F)cc2)cc1Cl. The lowest BCUT2D eigenvalue weighted by Crippen LogP contribution is -2.45. The Hall–Kier alpha value is -2.16. The molecule has 1 fully saturated rings. The molecule has 0 radical (unpaired) electrons. The van der Waals surface area contributed by atoms with Crippen molar-refractivity contribution in [3.8, 4) is 5.75 Å². The van der Waals surface area contributed by atoms with Gasteiger partial charge < -0.3 is 10.1 Å². The van der Waals surface area contributed by atoms with Crippen molar-refractivity contribution in [2.45, 2.75) is 36.6 Å². The highest BCUT2D eigenvalue weighted by Gasteiger charge is 2.34. The molecule has 0 bridgehead atoms. The van der Waals surface area contributed by atoms with Crippen LogP contribution in [-0.2, 0) is 14.8 Å². The summed E-state index contributed by atoms with van der Waals surface area (Å²) in [6.07, 6.45) is 2.15. The zero-order chi connectivity index (χ0) is 21.0. The number of methoxy groups -OCH3 is 1. The number of halogens is 2. The molecular weight excluding hydrogens is 419 g/mol. The average molecular weight is 441 g/mol. The number of carbonyl (C=O) groups excluding carboxylic acids is 1. The number of nitrogens with zero attached hydrogens (tertiary/aromatic N) is 1. The standard InChI is InChI=1S/C20H22ClFN2O4S/c1-28-19-10-7-15(12-18(19)21)23-20(25)13-16-4-2-3-11-24(16)29(26,27)17-8-5-14(22)6-9-17/h5-10,12,16H,2-4,11,13H2,1H3,(H,23,25). The Morgan fingerprint density at radius 3 is 2.62 bits per heavy atom. The molecule has 1 N–H and O–H groups in total. The van der Waals surface area contributed by atoms with Gasteiger partial charge in [0.05, 0.1) is 17.0 Å². The molecule has 1 saturated heterocycles. The minimum absolute atomic E-state index is 0.0179. The van der Waals surface area contributed by atoms with Crippen LogP contribution in [0.1, 0.15) is 25.7 Å². The lowest BCUT2D eigenvalue weighted by Gasteiger charge is -2.34. The number of rotatable bonds is 6. The summed E-state index contributed by atoms with van der Waals surface area (Å²) >= 11 is 6.08. The smallest absolute Gasteiger partial charge is 0.243 e. The Labute approximate surface area is 174 Å². The van der Waals surface area contributed by atoms with Crippen LogP contribution < -0.4 is 10.1 Å². The number of amides is 1. The Morgan fingerprint density at radius 2 is 1.97 bits per heavy atom. The predicted molar refractivity (Wildman–Crippen MR) is 109 cm³/mol. The molecule has 1 aliphatic rings. The molecule has 1 unspecified atom stereocenters. The van der Waals surface area contributed by atoms with Gasteiger partial charge in [-0.25, -0.2) is 12.8 Å². The van der Waals surface area contributed by atoms with E-state index < -0.39 is 21.9 Å². The Bertz CT molecular complexity index is 982. The first-order valence-electron chi connectivity index (χ1n) is 9.22. The first kappa shape index (κ1) is 21.5. The molecule has 9 heteroatoms. The second kappa shape index (κ2) is 9.11. The monoisotopic (exact) mass is 440 g/mol. The van der Waals surface area contributed by atoms with Crippen molar-refractivity contribution >= 4 is 33.2 Å². The van der Waals surface area contributed by atoms with E-state index in [0.29, 0.717) is 35.8 Å². The Balaban J connectivity index is 1.73. The van der Waals surface area contributed by atoms with Crippen molar-refractivity contribution in [3.63, 3.8) is 0 Å². The van der Waals surface area contributed by atoms with Crippen LogP contribution in [0.3, 0.4) is 0 Å². The number of benzene rings is 2. The van der Waals surface area contributed by atoms with Crippen molar-refractivity contribution in [1.29, 1.82) is 0 Å². The average Bonchev–Trinajstić information content (AvgIpc) is 2.68. The summed E-state index contributed by atoms with van der Waals surface area (Å²) in [4.78, 5) is 12.6. The molecule has 3 rings (SSSR count). The fourth-order valence-electron chi connectivity index (χ4n) is 3.41. The van der Waals surface area contributed by atoms with Gasteiger partial charge >= 0.3 is 0 Å². The van der Waals surface area contributed by atoms with Crippen molar-refractivity contribution in [2.24, 2.45) is 0 Å². The predicted octanol–water partition coefficient (Wildman–Crippen LogP) is 4.06. The van der Waals surface area contributed by atoms with Gasteiger partial charge in [-0.1, -0.05) is 18.0 Å². The fraction of sp³-hybridized carbons (Fsp3) is 0.350. The van der Waals surface area contributed by atoms with E-state index in [1.54, 1.807) is 18.2 Å². The number of hydrogen-bond donors (Lipinski definition) is 1. The van der Waals surface area contributed by atoms with E-state index in [1.807, 2.05) is 0 Å². The van der Waals surface area contributed by atoms with Crippen LogP contribution in [0.5, 0.6) is 5.75 Å². The third-order valence-corrected chi connectivity index (χ3v) is 7.11. The van der Waals surface area contributed by atoms with E-state index in [-0.39, 0.29) is 17.2 Å². The lowest BCUT2D eigenvalue weighted by atomic mass is 10.0. The Kier molecular flexibility index (Phi) is 6.77. The second-order valence-corrected chi connectivity index (χ2v) is 9.12. The molecular formula is C20H22ClFN2O4S. The van der Waals surface area contributed by atoms with Gasteiger partial charge in [-0.2, -0.15) is 4.31 Å². The molecule has 2 aromatic rings. The molecule has 0 saturated carbocycles. The molecule has 2 aromatic carbocycles. The van der Waals surface area contributed by atoms with Crippen LogP contribution in [0.25, 0.3) is 0 Å². The molecule has 0 aromatic heterocycles. The van der Waals surface area contributed by atoms with Gasteiger partial charge in [-0.3, -0.25) is 4.79 Å². The summed E-state index contributed by atoms with van der Waals surface area (Å²) in [5.74, 6) is -0.317. The van der Waals surface area contributed by atoms with Gasteiger partial charge in [0.25, 0.3) is 0 Å². The molecule has 0 spiro atoms. The van der Waals surface area contributed by atoms with Crippen LogP contribution in [0.4, 0.5) is 10.1 Å². The van der Waals surface area contributed by atoms with Crippen LogP contribution in [0.2, 0.25) is 5.02 Å². The third kappa shape index (κ3) is 5.07. The lowest BCUT2D eigenvalue weighted by molar-refractivity contribution is -0.117. The maximum atomic E-state index is 13.2. The van der Waals surface area contributed by atoms with Crippen molar-refractivity contribution in [1.82, 2.24) is 4.31 Å². The molecule has 6 nitrogen and oxygen atoms in total. The maximum absolute atomic E-state index is 13.2. The molecule has 1 aliphatic heterocycles. The summed E-state index contributed by atoms with van der Waals surface area (Å²) in [5, 5.41) is 3.11. The number of sulfonamides is 1. The van der Waals surface area contributed by atoms with Crippen LogP contribution >= 0.6 is 11.6 Å². The van der Waals surface area contributed by atoms with Crippen molar-refractivity contribution < 1.29 is 22.3 Å². The number of ether oxygens (including phenoxy) is 1. The minimum Gasteiger partial charge on any atom is -0.495 e. The summed E-state index contributed by atoms with van der Waals surface area (Å²) in [7, 11) is -2.31.